The number of rotatable bonds is 10. The van der Waals surface area contributed by atoms with Gasteiger partial charge in [0.05, 0.1) is 22.3 Å². The molecular weight excluding hydrogens is 812 g/mol. The van der Waals surface area contributed by atoms with Crippen LogP contribution in [0.5, 0.6) is 0 Å². The van der Waals surface area contributed by atoms with Crippen LogP contribution in [0.15, 0.2) is 0 Å². The van der Waals surface area contributed by atoms with Gasteiger partial charge < -0.3 is 45.8 Å². The zero-order valence-electron chi connectivity index (χ0n) is 34.4. The average molecular weight is 888 g/mol. The predicted molar refractivity (Wildman–Crippen MR) is 227 cm³/mol. The zero-order chi connectivity index (χ0) is 41.8. The number of hydrogen-bond donors (Lipinski definition) is 4. The van der Waals surface area contributed by atoms with Crippen LogP contribution in [0.1, 0.15) is 87.5 Å². The second kappa shape index (κ2) is 27.8. The van der Waals surface area contributed by atoms with Crippen molar-refractivity contribution in [1.29, 1.82) is 0 Å². The summed E-state index contributed by atoms with van der Waals surface area (Å²) in [6.45, 7) is 18.5. The van der Waals surface area contributed by atoms with Crippen LogP contribution >= 0.6 is 12.4 Å². The number of carbonyl (C=O) groups is 3. The number of nitrogens with zero attached hydrogens (tertiary/aromatic N) is 2. The molecule has 0 spiro atoms. The van der Waals surface area contributed by atoms with E-state index >= 15 is 0 Å². The van der Waals surface area contributed by atoms with Crippen LogP contribution in [0.4, 0.5) is 9.59 Å². The molecule has 3 fully saturated rings. The van der Waals surface area contributed by atoms with Crippen molar-refractivity contribution >= 4 is 60.4 Å². The first-order valence-electron chi connectivity index (χ1n) is 18.5. The molecule has 0 bridgehead atoms. The molecule has 3 saturated heterocycles. The number of amides is 2. The van der Waals surface area contributed by atoms with E-state index in [4.69, 9.17) is 15.2 Å². The van der Waals surface area contributed by atoms with Crippen LogP contribution in [-0.2, 0) is 43.8 Å². The molecule has 0 saturated carbocycles. The van der Waals surface area contributed by atoms with Gasteiger partial charge >= 0.3 is 12.2 Å². The number of ether oxygens (including phenoxy) is 2. The van der Waals surface area contributed by atoms with Crippen molar-refractivity contribution in [3.8, 4) is 0 Å². The second-order valence-electron chi connectivity index (χ2n) is 15.8. The van der Waals surface area contributed by atoms with Crippen LogP contribution in [0.25, 0.3) is 0 Å². The van der Waals surface area contributed by atoms with E-state index < -0.39 is 52.9 Å². The molecule has 56 heavy (non-hydrogen) atoms. The molecule has 21 heteroatoms. The summed E-state index contributed by atoms with van der Waals surface area (Å²) in [5, 5.41) is 7.67. The number of nitrogens with two attached hydrogens (primary N) is 1. The number of likely N-dealkylation sites (tertiary alicyclic amines) is 2. The van der Waals surface area contributed by atoms with Gasteiger partial charge in [-0.15, -0.1) is 12.4 Å². The average Bonchev–Trinajstić information content (AvgIpc) is 3.03. The van der Waals surface area contributed by atoms with Gasteiger partial charge in [-0.25, -0.2) is 34.8 Å². The fourth-order valence-electron chi connectivity index (χ4n) is 5.60. The summed E-state index contributed by atoms with van der Waals surface area (Å²) in [5.74, 6) is 0. The first kappa shape index (κ1) is 58.5. The summed E-state index contributed by atoms with van der Waals surface area (Å²) in [5.41, 5.74) is 4.42. The Balaban J connectivity index is -0.000000688. The maximum atomic E-state index is 11.5. The lowest BCUT2D eigenvalue weighted by Crippen LogP contribution is -2.43. The molecule has 0 unspecified atom stereocenters. The highest BCUT2D eigenvalue weighted by molar-refractivity contribution is 7.91. The lowest BCUT2D eigenvalue weighted by molar-refractivity contribution is -0.107. The number of carbonyl (C=O) groups excluding carboxylic acids is 3. The normalized spacial score (nSPS) is 18.0. The topological polar surface area (TPSA) is 241 Å². The van der Waals surface area contributed by atoms with Gasteiger partial charge in [-0.05, 0) is 119 Å². The number of sulfone groups is 3. The van der Waals surface area contributed by atoms with E-state index in [1.165, 1.54) is 18.8 Å². The number of hydrogen-bond acceptors (Lipinski definition) is 15. The first-order valence-corrected chi connectivity index (χ1v) is 24.3. The zero-order valence-corrected chi connectivity index (χ0v) is 37.7. The van der Waals surface area contributed by atoms with Gasteiger partial charge in [0, 0.05) is 44.9 Å². The van der Waals surface area contributed by atoms with Gasteiger partial charge in [0.25, 0.3) is 0 Å². The van der Waals surface area contributed by atoms with E-state index in [0.29, 0.717) is 32.2 Å². The molecule has 0 aromatic heterocycles. The highest BCUT2D eigenvalue weighted by atomic mass is 35.5. The molecule has 0 aromatic carbocycles. The van der Waals surface area contributed by atoms with Crippen molar-refractivity contribution in [2.24, 2.45) is 5.73 Å². The quantitative estimate of drug-likeness (QED) is 0.230. The summed E-state index contributed by atoms with van der Waals surface area (Å²) in [6.07, 6.45) is 8.00. The number of piperidine rings is 3. The van der Waals surface area contributed by atoms with Crippen LogP contribution < -0.4 is 21.7 Å². The largest absolute Gasteiger partial charge is 0.444 e. The fourth-order valence-corrected chi connectivity index (χ4v) is 8.82. The Hall–Kier alpha value is -1.81. The molecule has 0 aliphatic carbocycles. The molecule has 3 rings (SSSR count). The van der Waals surface area contributed by atoms with Crippen molar-refractivity contribution in [1.82, 2.24) is 25.8 Å². The van der Waals surface area contributed by atoms with Crippen molar-refractivity contribution < 1.29 is 49.1 Å². The highest BCUT2D eigenvalue weighted by Crippen LogP contribution is 2.17. The SMILES string of the molecule is C.CC(C)(C)OC(=O)NCC=O.CC(C)(C)OC(=O)NCCN1CCC(S(C)(=O)=O)CC1.CS(=O)(=O)C1CCN(CCN)CC1.CS(=O)(=O)C1CCNCC1.Cl. The van der Waals surface area contributed by atoms with Gasteiger partial charge in [-0.3, -0.25) is 0 Å². The van der Waals surface area contributed by atoms with E-state index in [1.54, 1.807) is 20.8 Å². The molecule has 5 N–H and O–H groups in total. The predicted octanol–water partition coefficient (Wildman–Crippen LogP) is 2.03. The van der Waals surface area contributed by atoms with Crippen LogP contribution in [0.2, 0.25) is 0 Å². The highest BCUT2D eigenvalue weighted by Gasteiger charge is 2.27. The summed E-state index contributed by atoms with van der Waals surface area (Å²) >= 11 is 0. The van der Waals surface area contributed by atoms with E-state index in [0.717, 1.165) is 78.0 Å². The maximum Gasteiger partial charge on any atom is 0.408 e. The second-order valence-corrected chi connectivity index (χ2v) is 22.8. The minimum atomic E-state index is -2.92. The number of nitrogens with one attached hydrogen (secondary N) is 3. The van der Waals surface area contributed by atoms with E-state index in [2.05, 4.69) is 25.8 Å². The minimum absolute atomic E-state index is 0. The molecule has 0 aromatic rings. The minimum Gasteiger partial charge on any atom is -0.444 e. The summed E-state index contributed by atoms with van der Waals surface area (Å²) in [6, 6.07) is 0. The number of alkyl carbamates (subject to hydrolysis) is 2. The van der Waals surface area contributed by atoms with Crippen molar-refractivity contribution in [2.75, 3.05) is 90.8 Å². The van der Waals surface area contributed by atoms with Crippen molar-refractivity contribution in [3.63, 3.8) is 0 Å². The van der Waals surface area contributed by atoms with Gasteiger partial charge in [0.15, 0.2) is 0 Å². The third kappa shape index (κ3) is 30.3. The number of halogens is 1. The Morgan fingerprint density at radius 3 is 1.32 bits per heavy atom. The maximum absolute atomic E-state index is 11.5. The van der Waals surface area contributed by atoms with Gasteiger partial charge in [0.1, 0.15) is 47.0 Å². The molecule has 0 atom stereocenters. The summed E-state index contributed by atoms with van der Waals surface area (Å²) in [7, 11) is -8.51. The van der Waals surface area contributed by atoms with E-state index in [9.17, 15) is 39.6 Å². The van der Waals surface area contributed by atoms with Crippen LogP contribution in [0.3, 0.4) is 0 Å². The molecular formula is C35H75ClN6O11S3. The van der Waals surface area contributed by atoms with Gasteiger partial charge in [-0.1, -0.05) is 7.43 Å². The summed E-state index contributed by atoms with van der Waals surface area (Å²) < 4.78 is 77.2. The Morgan fingerprint density at radius 1 is 0.679 bits per heavy atom. The van der Waals surface area contributed by atoms with Gasteiger partial charge in [0.2, 0.25) is 0 Å². The molecule has 3 heterocycles. The van der Waals surface area contributed by atoms with Crippen molar-refractivity contribution in [3.05, 3.63) is 0 Å². The molecule has 0 radical (unpaired) electrons. The lowest BCUT2D eigenvalue weighted by atomic mass is 10.1. The Labute approximate surface area is 344 Å². The molecule has 336 valence electrons. The monoisotopic (exact) mass is 886 g/mol. The number of aldehydes is 1. The molecule has 17 nitrogen and oxygen atoms in total. The lowest BCUT2D eigenvalue weighted by Gasteiger charge is -2.31. The van der Waals surface area contributed by atoms with Crippen molar-refractivity contribution in [2.45, 2.75) is 114 Å². The van der Waals surface area contributed by atoms with Gasteiger partial charge in [-0.2, -0.15) is 0 Å². The Kier molecular flexibility index (Phi) is 29.0. The third-order valence-corrected chi connectivity index (χ3v) is 13.5. The smallest absolute Gasteiger partial charge is 0.408 e. The third-order valence-electron chi connectivity index (χ3n) is 8.44. The Bertz CT molecular complexity index is 1430. The van der Waals surface area contributed by atoms with Crippen LogP contribution in [0, 0.1) is 0 Å². The van der Waals surface area contributed by atoms with E-state index in [-0.39, 0.29) is 42.1 Å². The first-order chi connectivity index (χ1) is 24.7. The van der Waals surface area contributed by atoms with Crippen LogP contribution in [-0.4, -0.2) is 171 Å². The van der Waals surface area contributed by atoms with E-state index in [1.807, 2.05) is 20.8 Å². The molecule has 3 aliphatic rings. The Morgan fingerprint density at radius 2 is 1.02 bits per heavy atom. The standard InChI is InChI=1S/C13H26N2O4S.C8H18N2O2S.C7H13NO3.C6H13NO2S.CH4.ClH/c1-13(2,3)19-12(16)14-7-10-15-8-5-11(6-9-15)20(4,17)18;1-13(11,12)8-2-5-10(6-3-8)7-4-9;1-7(2,3)11-6(10)8-4-5-9;1-10(8,9)6-2-4-7-5-3-6;;/h11H,5-10H2,1-4H3,(H,14,16);8H,2-7,9H2,1H3;5H,4H2,1-3H3,(H,8,10);6-7H,2-5H2,1H3;1H4;1H. The fraction of sp³-hybridized carbons (Fsp3) is 0.914. The summed E-state index contributed by atoms with van der Waals surface area (Å²) in [4.78, 5) is 36.4. The molecule has 3 aliphatic heterocycles. The molecule has 2 amide bonds.